The molecule has 0 aromatic heterocycles. The number of hydrogen-bond acceptors (Lipinski definition) is 3. The summed E-state index contributed by atoms with van der Waals surface area (Å²) < 4.78 is 5.22. The average molecular weight is 367 g/mol. The number of piperazine rings is 1. The van der Waals surface area contributed by atoms with E-state index in [1.54, 1.807) is 7.11 Å². The van der Waals surface area contributed by atoms with E-state index in [0.717, 1.165) is 37.5 Å². The van der Waals surface area contributed by atoms with Gasteiger partial charge in [-0.05, 0) is 35.7 Å². The first-order chi connectivity index (χ1) is 13.1. The third-order valence-corrected chi connectivity index (χ3v) is 5.11. The van der Waals surface area contributed by atoms with E-state index in [4.69, 9.17) is 4.74 Å². The second kappa shape index (κ2) is 8.80. The van der Waals surface area contributed by atoms with Crippen molar-refractivity contribution in [1.29, 1.82) is 0 Å². The van der Waals surface area contributed by atoms with Crippen LogP contribution in [0, 0.1) is 5.92 Å². The molecular weight excluding hydrogens is 338 g/mol. The van der Waals surface area contributed by atoms with Gasteiger partial charge in [-0.3, -0.25) is 0 Å². The average Bonchev–Trinajstić information content (AvgIpc) is 2.72. The number of ether oxygens (including phenoxy) is 1. The summed E-state index contributed by atoms with van der Waals surface area (Å²) in [6.45, 7) is 7.38. The Bertz CT molecular complexity index is 723. The van der Waals surface area contributed by atoms with Crippen LogP contribution >= 0.6 is 0 Å². The Labute approximate surface area is 161 Å². The first-order valence-electron chi connectivity index (χ1n) is 9.58. The maximum atomic E-state index is 12.8. The molecule has 2 amide bonds. The number of carbonyl (C=O) groups is 1. The zero-order valence-corrected chi connectivity index (χ0v) is 16.4. The molecule has 1 unspecified atom stereocenters. The zero-order valence-electron chi connectivity index (χ0n) is 16.4. The first-order valence-corrected chi connectivity index (χ1v) is 9.58. The number of anilines is 1. The fraction of sp³-hybridized carbons (Fsp3) is 0.409. The Balaban J connectivity index is 1.57. The second-order valence-electron chi connectivity index (χ2n) is 7.25. The van der Waals surface area contributed by atoms with Gasteiger partial charge >= 0.3 is 6.03 Å². The molecule has 0 spiro atoms. The summed E-state index contributed by atoms with van der Waals surface area (Å²) >= 11 is 0. The second-order valence-corrected chi connectivity index (χ2v) is 7.25. The van der Waals surface area contributed by atoms with Gasteiger partial charge in [-0.2, -0.15) is 0 Å². The molecule has 1 atom stereocenters. The summed E-state index contributed by atoms with van der Waals surface area (Å²) in [5.74, 6) is 1.19. The smallest absolute Gasteiger partial charge is 0.318 e. The molecule has 2 aromatic rings. The van der Waals surface area contributed by atoms with Crippen LogP contribution in [0.2, 0.25) is 0 Å². The molecule has 5 heteroatoms. The van der Waals surface area contributed by atoms with Crippen molar-refractivity contribution in [2.24, 2.45) is 5.92 Å². The van der Waals surface area contributed by atoms with E-state index < -0.39 is 0 Å². The fourth-order valence-corrected chi connectivity index (χ4v) is 3.48. The standard InChI is InChI=1S/C22H29N3O2/c1-17(2)21(18-7-5-4-6-8-18)23-22(26)25-15-13-24(14-16-25)19-9-11-20(27-3)12-10-19/h4-12,17,21H,13-16H2,1-3H3,(H,23,26). The molecule has 1 fully saturated rings. The van der Waals surface area contributed by atoms with Gasteiger partial charge in [-0.1, -0.05) is 44.2 Å². The lowest BCUT2D eigenvalue weighted by molar-refractivity contribution is 0.186. The highest BCUT2D eigenvalue weighted by atomic mass is 16.5. The van der Waals surface area contributed by atoms with Crippen molar-refractivity contribution in [3.8, 4) is 5.75 Å². The molecule has 0 bridgehead atoms. The highest BCUT2D eigenvalue weighted by Crippen LogP contribution is 2.23. The van der Waals surface area contributed by atoms with Gasteiger partial charge in [0, 0.05) is 31.9 Å². The molecule has 144 valence electrons. The van der Waals surface area contributed by atoms with Crippen LogP contribution in [-0.4, -0.2) is 44.2 Å². The van der Waals surface area contributed by atoms with Gasteiger partial charge in [0.15, 0.2) is 0 Å². The molecule has 0 aliphatic carbocycles. The Kier molecular flexibility index (Phi) is 6.22. The van der Waals surface area contributed by atoms with Crippen LogP contribution in [0.1, 0.15) is 25.5 Å². The molecule has 1 aliphatic rings. The van der Waals surface area contributed by atoms with Gasteiger partial charge in [0.2, 0.25) is 0 Å². The van der Waals surface area contributed by atoms with E-state index in [-0.39, 0.29) is 12.1 Å². The van der Waals surface area contributed by atoms with Crippen molar-refractivity contribution in [2.75, 3.05) is 38.2 Å². The molecule has 2 aromatic carbocycles. The molecule has 1 heterocycles. The number of benzene rings is 2. The van der Waals surface area contributed by atoms with Gasteiger partial charge in [-0.15, -0.1) is 0 Å². The van der Waals surface area contributed by atoms with Crippen LogP contribution in [0.15, 0.2) is 54.6 Å². The van der Waals surface area contributed by atoms with Crippen LogP contribution in [0.3, 0.4) is 0 Å². The first kappa shape index (κ1) is 19.1. The van der Waals surface area contributed by atoms with Gasteiger partial charge in [-0.25, -0.2) is 4.79 Å². The number of methoxy groups -OCH3 is 1. The predicted molar refractivity (Wildman–Crippen MR) is 109 cm³/mol. The number of nitrogens with one attached hydrogen (secondary N) is 1. The van der Waals surface area contributed by atoms with E-state index in [2.05, 4.69) is 48.3 Å². The van der Waals surface area contributed by atoms with Gasteiger partial charge in [0.25, 0.3) is 0 Å². The molecule has 0 saturated carbocycles. The van der Waals surface area contributed by atoms with Crippen LogP contribution in [0.25, 0.3) is 0 Å². The summed E-state index contributed by atoms with van der Waals surface area (Å²) in [5.41, 5.74) is 2.32. The Morgan fingerprint density at radius 1 is 0.963 bits per heavy atom. The largest absolute Gasteiger partial charge is 0.497 e. The molecule has 5 nitrogen and oxygen atoms in total. The normalized spacial score (nSPS) is 15.6. The minimum absolute atomic E-state index is 0.0203. The molecular formula is C22H29N3O2. The number of rotatable bonds is 5. The molecule has 0 radical (unpaired) electrons. The minimum atomic E-state index is 0.0203. The van der Waals surface area contributed by atoms with Crippen molar-refractivity contribution >= 4 is 11.7 Å². The van der Waals surface area contributed by atoms with E-state index in [9.17, 15) is 4.79 Å². The predicted octanol–water partition coefficient (Wildman–Crippen LogP) is 3.92. The van der Waals surface area contributed by atoms with E-state index in [0.29, 0.717) is 5.92 Å². The van der Waals surface area contributed by atoms with Crippen LogP contribution in [0.4, 0.5) is 10.5 Å². The quantitative estimate of drug-likeness (QED) is 0.871. The van der Waals surface area contributed by atoms with Crippen molar-refractivity contribution in [2.45, 2.75) is 19.9 Å². The maximum Gasteiger partial charge on any atom is 0.318 e. The van der Waals surface area contributed by atoms with Crippen molar-refractivity contribution in [3.05, 3.63) is 60.2 Å². The summed E-state index contributed by atoms with van der Waals surface area (Å²) in [5, 5.41) is 3.22. The van der Waals surface area contributed by atoms with Gasteiger partial charge < -0.3 is 19.9 Å². The Morgan fingerprint density at radius 2 is 1.59 bits per heavy atom. The SMILES string of the molecule is COc1ccc(N2CCN(C(=O)NC(c3ccccc3)C(C)C)CC2)cc1. The highest BCUT2D eigenvalue weighted by molar-refractivity contribution is 5.75. The lowest BCUT2D eigenvalue weighted by Crippen LogP contribution is -2.52. The van der Waals surface area contributed by atoms with Gasteiger partial charge in [0.05, 0.1) is 13.2 Å². The van der Waals surface area contributed by atoms with Crippen molar-refractivity contribution in [1.82, 2.24) is 10.2 Å². The number of nitrogens with zero attached hydrogens (tertiary/aromatic N) is 2. The number of urea groups is 1. The Morgan fingerprint density at radius 3 is 2.15 bits per heavy atom. The monoisotopic (exact) mass is 367 g/mol. The summed E-state index contributed by atoms with van der Waals surface area (Å²) in [6.07, 6.45) is 0. The summed E-state index contributed by atoms with van der Waals surface area (Å²) in [7, 11) is 1.67. The van der Waals surface area contributed by atoms with Gasteiger partial charge in [0.1, 0.15) is 5.75 Å². The molecule has 1 saturated heterocycles. The molecule has 3 rings (SSSR count). The topological polar surface area (TPSA) is 44.8 Å². The molecule has 1 N–H and O–H groups in total. The Hall–Kier alpha value is -2.69. The van der Waals surface area contributed by atoms with E-state index in [1.807, 2.05) is 35.2 Å². The molecule has 27 heavy (non-hydrogen) atoms. The number of carbonyl (C=O) groups excluding carboxylic acids is 1. The lowest BCUT2D eigenvalue weighted by atomic mass is 9.96. The van der Waals surface area contributed by atoms with Crippen LogP contribution in [0.5, 0.6) is 5.75 Å². The fourth-order valence-electron chi connectivity index (χ4n) is 3.48. The zero-order chi connectivity index (χ0) is 19.2. The number of hydrogen-bond donors (Lipinski definition) is 1. The van der Waals surface area contributed by atoms with E-state index in [1.165, 1.54) is 5.69 Å². The van der Waals surface area contributed by atoms with E-state index >= 15 is 0 Å². The lowest BCUT2D eigenvalue weighted by Gasteiger charge is -2.37. The third-order valence-electron chi connectivity index (χ3n) is 5.11. The minimum Gasteiger partial charge on any atom is -0.497 e. The third kappa shape index (κ3) is 4.73. The summed E-state index contributed by atoms with van der Waals surface area (Å²) in [6, 6.07) is 18.3. The highest BCUT2D eigenvalue weighted by Gasteiger charge is 2.25. The van der Waals surface area contributed by atoms with Crippen molar-refractivity contribution in [3.63, 3.8) is 0 Å². The molecule has 1 aliphatic heterocycles. The number of amides is 2. The summed E-state index contributed by atoms with van der Waals surface area (Å²) in [4.78, 5) is 17.0. The van der Waals surface area contributed by atoms with Crippen LogP contribution < -0.4 is 15.0 Å². The maximum absolute atomic E-state index is 12.8. The van der Waals surface area contributed by atoms with Crippen molar-refractivity contribution < 1.29 is 9.53 Å². The van der Waals surface area contributed by atoms with Crippen LogP contribution in [-0.2, 0) is 0 Å².